The maximum atomic E-state index is 10.6. The maximum Gasteiger partial charge on any atom is 0.231 e. The molecule has 1 N–H and O–H groups in total. The van der Waals surface area contributed by atoms with Gasteiger partial charge in [0.15, 0.2) is 11.5 Å². The molecule has 0 fully saturated rings. The fourth-order valence-corrected chi connectivity index (χ4v) is 2.98. The molecule has 2 aromatic rings. The molecule has 1 heterocycles. The third kappa shape index (κ3) is 2.59. The quantitative estimate of drug-likeness (QED) is 0.918. The van der Waals surface area contributed by atoms with Crippen molar-refractivity contribution in [3.8, 4) is 17.2 Å². The van der Waals surface area contributed by atoms with Crippen LogP contribution in [0.4, 0.5) is 0 Å². The number of aliphatic hydroxyl groups excluding tert-OH is 1. The highest BCUT2D eigenvalue weighted by Crippen LogP contribution is 2.42. The van der Waals surface area contributed by atoms with Crippen molar-refractivity contribution in [3.05, 3.63) is 51.5 Å². The summed E-state index contributed by atoms with van der Waals surface area (Å²) in [7, 11) is 1.62. The molecule has 0 bridgehead atoms. The monoisotopic (exact) mass is 350 g/mol. The summed E-state index contributed by atoms with van der Waals surface area (Å²) in [5, 5.41) is 10.6. The van der Waals surface area contributed by atoms with Gasteiger partial charge in [-0.2, -0.15) is 0 Å². The molecule has 0 aromatic heterocycles. The summed E-state index contributed by atoms with van der Waals surface area (Å²) >= 11 is 3.44. The Kier molecular flexibility index (Phi) is 3.78. The van der Waals surface area contributed by atoms with E-state index in [-0.39, 0.29) is 6.79 Å². The lowest BCUT2D eigenvalue weighted by molar-refractivity contribution is 0.173. The number of benzene rings is 2. The summed E-state index contributed by atoms with van der Waals surface area (Å²) in [4.78, 5) is 0. The Hall–Kier alpha value is -1.72. The molecule has 3 rings (SSSR count). The van der Waals surface area contributed by atoms with Gasteiger partial charge in [-0.1, -0.05) is 6.07 Å². The first-order valence-electron chi connectivity index (χ1n) is 6.52. The third-order valence-electron chi connectivity index (χ3n) is 3.54. The molecular weight excluding hydrogens is 336 g/mol. The van der Waals surface area contributed by atoms with Crippen molar-refractivity contribution in [2.45, 2.75) is 13.0 Å². The minimum Gasteiger partial charge on any atom is -0.497 e. The molecule has 1 aliphatic rings. The van der Waals surface area contributed by atoms with Crippen molar-refractivity contribution in [2.75, 3.05) is 13.9 Å². The van der Waals surface area contributed by atoms with Crippen LogP contribution < -0.4 is 14.2 Å². The predicted molar refractivity (Wildman–Crippen MR) is 82.1 cm³/mol. The molecular formula is C16H15BrO4. The zero-order chi connectivity index (χ0) is 15.0. The van der Waals surface area contributed by atoms with Crippen LogP contribution in [0, 0.1) is 6.92 Å². The second-order valence-electron chi connectivity index (χ2n) is 4.86. The lowest BCUT2D eigenvalue weighted by Crippen LogP contribution is -2.02. The van der Waals surface area contributed by atoms with E-state index in [9.17, 15) is 5.11 Å². The van der Waals surface area contributed by atoms with Crippen LogP contribution in [0.2, 0.25) is 0 Å². The fourth-order valence-electron chi connectivity index (χ4n) is 2.41. The highest BCUT2D eigenvalue weighted by Gasteiger charge is 2.22. The molecule has 110 valence electrons. The second-order valence-corrected chi connectivity index (χ2v) is 5.72. The van der Waals surface area contributed by atoms with E-state index in [0.29, 0.717) is 11.5 Å². The highest BCUT2D eigenvalue weighted by molar-refractivity contribution is 9.10. The van der Waals surface area contributed by atoms with Crippen LogP contribution in [0.15, 0.2) is 34.8 Å². The second kappa shape index (κ2) is 5.58. The number of ether oxygens (including phenoxy) is 3. The van der Waals surface area contributed by atoms with Crippen LogP contribution in [0.3, 0.4) is 0 Å². The largest absolute Gasteiger partial charge is 0.497 e. The number of aliphatic hydroxyl groups is 1. The van der Waals surface area contributed by atoms with Crippen molar-refractivity contribution < 1.29 is 19.3 Å². The Morgan fingerprint density at radius 1 is 1.24 bits per heavy atom. The van der Waals surface area contributed by atoms with E-state index in [2.05, 4.69) is 15.9 Å². The molecule has 1 atom stereocenters. The Morgan fingerprint density at radius 2 is 2.05 bits per heavy atom. The van der Waals surface area contributed by atoms with Crippen molar-refractivity contribution >= 4 is 15.9 Å². The molecule has 0 saturated carbocycles. The Morgan fingerprint density at radius 3 is 2.76 bits per heavy atom. The smallest absolute Gasteiger partial charge is 0.231 e. The van der Waals surface area contributed by atoms with Gasteiger partial charge in [0.05, 0.1) is 11.6 Å². The van der Waals surface area contributed by atoms with Crippen molar-refractivity contribution in [1.82, 2.24) is 0 Å². The van der Waals surface area contributed by atoms with Crippen molar-refractivity contribution in [3.63, 3.8) is 0 Å². The van der Waals surface area contributed by atoms with Gasteiger partial charge in [-0.25, -0.2) is 0 Å². The van der Waals surface area contributed by atoms with Gasteiger partial charge in [0.2, 0.25) is 6.79 Å². The number of rotatable bonds is 3. The van der Waals surface area contributed by atoms with Crippen LogP contribution in [0.5, 0.6) is 17.2 Å². The van der Waals surface area contributed by atoms with Crippen molar-refractivity contribution in [2.24, 2.45) is 0 Å². The number of halogens is 1. The summed E-state index contributed by atoms with van der Waals surface area (Å²) in [5.41, 5.74) is 2.55. The predicted octanol–water partition coefficient (Wildman–Crippen LogP) is 3.58. The maximum absolute atomic E-state index is 10.6. The zero-order valence-corrected chi connectivity index (χ0v) is 13.3. The molecule has 2 aromatic carbocycles. The van der Waals surface area contributed by atoms with E-state index in [0.717, 1.165) is 26.9 Å². The van der Waals surface area contributed by atoms with Gasteiger partial charge in [-0.15, -0.1) is 0 Å². The first-order chi connectivity index (χ1) is 10.1. The molecule has 4 nitrogen and oxygen atoms in total. The zero-order valence-electron chi connectivity index (χ0n) is 11.7. The minimum atomic E-state index is -0.735. The number of hydrogen-bond donors (Lipinski definition) is 1. The van der Waals surface area contributed by atoms with Crippen molar-refractivity contribution in [1.29, 1.82) is 0 Å². The van der Waals surface area contributed by atoms with E-state index in [1.54, 1.807) is 13.2 Å². The van der Waals surface area contributed by atoms with Crippen LogP contribution in [0.1, 0.15) is 22.8 Å². The lowest BCUT2D eigenvalue weighted by atomic mass is 9.97. The summed E-state index contributed by atoms with van der Waals surface area (Å²) < 4.78 is 16.7. The van der Waals surface area contributed by atoms with E-state index < -0.39 is 6.10 Å². The standard InChI is InChI=1S/C16H15BrO4/c1-9-5-11(19-2)3-4-12(9)15(18)10-6-13(17)16-14(7-10)20-8-21-16/h3-7,15,18H,8H2,1-2H3. The van der Waals surface area contributed by atoms with E-state index in [4.69, 9.17) is 14.2 Å². The van der Waals surface area contributed by atoms with Crippen LogP contribution in [-0.4, -0.2) is 19.0 Å². The van der Waals surface area contributed by atoms with Gasteiger partial charge < -0.3 is 19.3 Å². The average Bonchev–Trinajstić information content (AvgIpc) is 2.95. The number of methoxy groups -OCH3 is 1. The fraction of sp³-hybridized carbons (Fsp3) is 0.250. The topological polar surface area (TPSA) is 47.9 Å². The van der Waals surface area contributed by atoms with E-state index >= 15 is 0 Å². The highest BCUT2D eigenvalue weighted by atomic mass is 79.9. The minimum absolute atomic E-state index is 0.203. The first-order valence-corrected chi connectivity index (χ1v) is 7.31. The normalized spacial score (nSPS) is 14.1. The molecule has 0 aliphatic carbocycles. The number of aryl methyl sites for hydroxylation is 1. The molecule has 0 amide bonds. The van der Waals surface area contributed by atoms with E-state index in [1.165, 1.54) is 0 Å². The van der Waals surface area contributed by atoms with Gasteiger partial charge in [0.25, 0.3) is 0 Å². The van der Waals surface area contributed by atoms with Gasteiger partial charge >= 0.3 is 0 Å². The Bertz CT molecular complexity index is 684. The number of fused-ring (bicyclic) bond motifs is 1. The Balaban J connectivity index is 1.99. The SMILES string of the molecule is COc1ccc(C(O)c2cc(Br)c3c(c2)OCO3)c(C)c1. The molecule has 21 heavy (non-hydrogen) atoms. The van der Waals surface area contributed by atoms with Crippen LogP contribution in [0.25, 0.3) is 0 Å². The molecule has 0 spiro atoms. The van der Waals surface area contributed by atoms with Gasteiger partial charge in [-0.05, 0) is 63.8 Å². The van der Waals surface area contributed by atoms with Gasteiger partial charge in [0, 0.05) is 0 Å². The van der Waals surface area contributed by atoms with Crippen LogP contribution in [-0.2, 0) is 0 Å². The summed E-state index contributed by atoms with van der Waals surface area (Å²) in [6, 6.07) is 9.27. The third-order valence-corrected chi connectivity index (χ3v) is 4.13. The first kappa shape index (κ1) is 14.2. The average molecular weight is 351 g/mol. The Labute approximate surface area is 131 Å². The summed E-state index contributed by atoms with van der Waals surface area (Å²) in [5.74, 6) is 2.09. The van der Waals surface area contributed by atoms with E-state index in [1.807, 2.05) is 31.2 Å². The molecule has 1 aliphatic heterocycles. The molecule has 0 radical (unpaired) electrons. The molecule has 0 saturated heterocycles. The van der Waals surface area contributed by atoms with Crippen LogP contribution >= 0.6 is 15.9 Å². The summed E-state index contributed by atoms with van der Waals surface area (Å²) in [6.45, 7) is 2.15. The molecule has 1 unspecified atom stereocenters. The summed E-state index contributed by atoms with van der Waals surface area (Å²) in [6.07, 6.45) is -0.735. The lowest BCUT2D eigenvalue weighted by Gasteiger charge is -2.16. The molecule has 5 heteroatoms. The van der Waals surface area contributed by atoms with Gasteiger partial charge in [-0.3, -0.25) is 0 Å². The number of hydrogen-bond acceptors (Lipinski definition) is 4. The van der Waals surface area contributed by atoms with Gasteiger partial charge in [0.1, 0.15) is 11.9 Å².